The van der Waals surface area contributed by atoms with E-state index in [1.54, 1.807) is 6.07 Å². The van der Waals surface area contributed by atoms with Crippen LogP contribution in [-0.4, -0.2) is 19.8 Å². The van der Waals surface area contributed by atoms with Gasteiger partial charge in [-0.2, -0.15) is 0 Å². The number of benzene rings is 1. The maximum atomic E-state index is 13.0. The van der Waals surface area contributed by atoms with Gasteiger partial charge in [-0.3, -0.25) is 0 Å². The Morgan fingerprint density at radius 1 is 1.50 bits per heavy atom. The van der Waals surface area contributed by atoms with E-state index in [4.69, 9.17) is 10.5 Å². The lowest BCUT2D eigenvalue weighted by atomic mass is 10.0. The van der Waals surface area contributed by atoms with Gasteiger partial charge in [-0.05, 0) is 23.8 Å². The Kier molecular flexibility index (Phi) is 2.65. The summed E-state index contributed by atoms with van der Waals surface area (Å²) in [7, 11) is 0. The summed E-state index contributed by atoms with van der Waals surface area (Å²) in [6.45, 7) is 2.03. The minimum absolute atomic E-state index is 0.0134. The van der Waals surface area contributed by atoms with Crippen LogP contribution in [0, 0.1) is 5.82 Å². The molecule has 1 aliphatic heterocycles. The molecule has 1 saturated heterocycles. The summed E-state index contributed by atoms with van der Waals surface area (Å²) in [6, 6.07) is 4.42. The van der Waals surface area contributed by atoms with Crippen LogP contribution in [0.5, 0.6) is 0 Å². The molecule has 1 aromatic carbocycles. The molecule has 3 N–H and O–H groups in total. The number of anilines is 1. The largest absolute Gasteiger partial charge is 0.398 e. The Labute approximate surface area is 82.1 Å². The maximum Gasteiger partial charge on any atom is 0.123 e. The molecule has 76 valence electrons. The summed E-state index contributed by atoms with van der Waals surface area (Å²) in [6.07, 6.45) is 0. The highest BCUT2D eigenvalue weighted by molar-refractivity contribution is 5.48. The molecular formula is C10H13FN2O. The van der Waals surface area contributed by atoms with Gasteiger partial charge in [-0.15, -0.1) is 0 Å². The van der Waals surface area contributed by atoms with E-state index in [0.717, 1.165) is 12.1 Å². The smallest absolute Gasteiger partial charge is 0.123 e. The summed E-state index contributed by atoms with van der Waals surface area (Å²) in [4.78, 5) is 0. The van der Waals surface area contributed by atoms with Gasteiger partial charge in [0.05, 0.1) is 19.3 Å². The van der Waals surface area contributed by atoms with Crippen molar-refractivity contribution in [2.24, 2.45) is 0 Å². The molecule has 0 spiro atoms. The molecule has 1 fully saturated rings. The summed E-state index contributed by atoms with van der Waals surface area (Å²) in [5.74, 6) is -0.262. The van der Waals surface area contributed by atoms with Gasteiger partial charge in [0.1, 0.15) is 5.82 Å². The zero-order chi connectivity index (χ0) is 9.97. The second kappa shape index (κ2) is 3.94. The first-order valence-electron chi connectivity index (χ1n) is 4.63. The third-order valence-corrected chi connectivity index (χ3v) is 2.35. The van der Waals surface area contributed by atoms with Crippen molar-refractivity contribution < 1.29 is 9.13 Å². The van der Waals surface area contributed by atoms with Crippen LogP contribution in [0.1, 0.15) is 11.6 Å². The first-order valence-corrected chi connectivity index (χ1v) is 4.63. The fraction of sp³-hybridized carbons (Fsp3) is 0.400. The van der Waals surface area contributed by atoms with E-state index in [1.165, 1.54) is 12.1 Å². The third-order valence-electron chi connectivity index (χ3n) is 2.35. The topological polar surface area (TPSA) is 47.3 Å². The Bertz CT molecular complexity index is 324. The number of nitrogens with two attached hydrogens (primary N) is 1. The molecule has 1 aliphatic rings. The number of morpholine rings is 1. The molecule has 0 aromatic heterocycles. The highest BCUT2D eigenvalue weighted by Crippen LogP contribution is 2.22. The van der Waals surface area contributed by atoms with Gasteiger partial charge < -0.3 is 15.8 Å². The second-order valence-corrected chi connectivity index (χ2v) is 3.35. The second-order valence-electron chi connectivity index (χ2n) is 3.35. The summed E-state index contributed by atoms with van der Waals surface area (Å²) >= 11 is 0. The number of hydrogen-bond donors (Lipinski definition) is 2. The molecule has 1 heterocycles. The Morgan fingerprint density at radius 3 is 3.07 bits per heavy atom. The van der Waals surface area contributed by atoms with Gasteiger partial charge in [0, 0.05) is 12.2 Å². The highest BCUT2D eigenvalue weighted by atomic mass is 19.1. The number of nitrogens with one attached hydrogen (secondary N) is 1. The van der Waals surface area contributed by atoms with E-state index in [1.807, 2.05) is 0 Å². The average molecular weight is 196 g/mol. The molecule has 0 unspecified atom stereocenters. The van der Waals surface area contributed by atoms with Gasteiger partial charge in [0.15, 0.2) is 0 Å². The highest BCUT2D eigenvalue weighted by Gasteiger charge is 2.17. The molecule has 1 aromatic rings. The van der Waals surface area contributed by atoms with Gasteiger partial charge in [0.2, 0.25) is 0 Å². The SMILES string of the molecule is Nc1ccc(F)cc1[C@H]1COCCN1. The predicted octanol–water partition coefficient (Wildman–Crippen LogP) is 1.07. The molecule has 3 nitrogen and oxygen atoms in total. The van der Waals surface area contributed by atoms with E-state index in [2.05, 4.69) is 5.32 Å². The maximum absolute atomic E-state index is 13.0. The first kappa shape index (κ1) is 9.43. The van der Waals surface area contributed by atoms with Crippen molar-refractivity contribution in [3.05, 3.63) is 29.6 Å². The summed E-state index contributed by atoms with van der Waals surface area (Å²) in [5.41, 5.74) is 7.15. The lowest BCUT2D eigenvalue weighted by Crippen LogP contribution is -2.35. The minimum atomic E-state index is -0.262. The van der Waals surface area contributed by atoms with Crippen molar-refractivity contribution in [3.8, 4) is 0 Å². The van der Waals surface area contributed by atoms with E-state index in [0.29, 0.717) is 18.9 Å². The lowest BCUT2D eigenvalue weighted by molar-refractivity contribution is 0.0770. The van der Waals surface area contributed by atoms with Crippen LogP contribution in [0.15, 0.2) is 18.2 Å². The lowest BCUT2D eigenvalue weighted by Gasteiger charge is -2.25. The summed E-state index contributed by atoms with van der Waals surface area (Å²) < 4.78 is 18.3. The normalized spacial score (nSPS) is 22.2. The molecule has 0 bridgehead atoms. The van der Waals surface area contributed by atoms with Gasteiger partial charge in [0.25, 0.3) is 0 Å². The number of hydrogen-bond acceptors (Lipinski definition) is 3. The van der Waals surface area contributed by atoms with Crippen molar-refractivity contribution in [1.29, 1.82) is 0 Å². The van der Waals surface area contributed by atoms with Crippen LogP contribution in [-0.2, 0) is 4.74 Å². The minimum Gasteiger partial charge on any atom is -0.398 e. The standard InChI is InChI=1S/C10H13FN2O/c11-7-1-2-9(12)8(5-7)10-6-14-4-3-13-10/h1-2,5,10,13H,3-4,6,12H2/t10-/m1/s1. The average Bonchev–Trinajstić information content (AvgIpc) is 2.23. The number of ether oxygens (including phenoxy) is 1. The Balaban J connectivity index is 2.24. The van der Waals surface area contributed by atoms with Crippen molar-refractivity contribution in [2.75, 3.05) is 25.5 Å². The third kappa shape index (κ3) is 1.86. The van der Waals surface area contributed by atoms with Gasteiger partial charge >= 0.3 is 0 Å². The quantitative estimate of drug-likeness (QED) is 0.660. The molecule has 0 radical (unpaired) electrons. The van der Waals surface area contributed by atoms with Gasteiger partial charge in [-0.1, -0.05) is 0 Å². The fourth-order valence-corrected chi connectivity index (χ4v) is 1.61. The Hall–Kier alpha value is -1.13. The molecule has 1 atom stereocenters. The monoisotopic (exact) mass is 196 g/mol. The number of rotatable bonds is 1. The van der Waals surface area contributed by atoms with E-state index < -0.39 is 0 Å². The molecule has 0 aliphatic carbocycles. The predicted molar refractivity (Wildman–Crippen MR) is 52.4 cm³/mol. The van der Waals surface area contributed by atoms with E-state index >= 15 is 0 Å². The summed E-state index contributed by atoms with van der Waals surface area (Å²) in [5, 5.41) is 3.23. The van der Waals surface area contributed by atoms with Crippen molar-refractivity contribution >= 4 is 5.69 Å². The van der Waals surface area contributed by atoms with Crippen molar-refractivity contribution in [1.82, 2.24) is 5.32 Å². The molecule has 2 rings (SSSR count). The van der Waals surface area contributed by atoms with Crippen LogP contribution in [0.25, 0.3) is 0 Å². The van der Waals surface area contributed by atoms with E-state index in [-0.39, 0.29) is 11.9 Å². The fourth-order valence-electron chi connectivity index (χ4n) is 1.61. The van der Waals surface area contributed by atoms with E-state index in [9.17, 15) is 4.39 Å². The molecule has 0 amide bonds. The number of halogens is 1. The molecule has 14 heavy (non-hydrogen) atoms. The zero-order valence-electron chi connectivity index (χ0n) is 7.79. The van der Waals surface area contributed by atoms with Gasteiger partial charge in [-0.25, -0.2) is 4.39 Å². The molecular weight excluding hydrogens is 183 g/mol. The van der Waals surface area contributed by atoms with Crippen LogP contribution < -0.4 is 11.1 Å². The number of nitrogen functional groups attached to an aromatic ring is 1. The van der Waals surface area contributed by atoms with Crippen LogP contribution >= 0.6 is 0 Å². The van der Waals surface area contributed by atoms with Crippen LogP contribution in [0.3, 0.4) is 0 Å². The van der Waals surface area contributed by atoms with Crippen LogP contribution in [0.4, 0.5) is 10.1 Å². The van der Waals surface area contributed by atoms with Crippen molar-refractivity contribution in [3.63, 3.8) is 0 Å². The molecule has 0 saturated carbocycles. The van der Waals surface area contributed by atoms with Crippen molar-refractivity contribution in [2.45, 2.75) is 6.04 Å². The first-order chi connectivity index (χ1) is 6.77. The Morgan fingerprint density at radius 2 is 2.36 bits per heavy atom. The molecule has 4 heteroatoms. The zero-order valence-corrected chi connectivity index (χ0v) is 7.79. The van der Waals surface area contributed by atoms with Crippen LogP contribution in [0.2, 0.25) is 0 Å².